The molecule has 0 saturated carbocycles. The van der Waals surface area contributed by atoms with E-state index < -0.39 is 0 Å². The molecular weight excluding hydrogens is 310 g/mol. The van der Waals surface area contributed by atoms with Gasteiger partial charge in [0, 0.05) is 24.0 Å². The SMILES string of the molecule is O=c1[nH]nc2cc(N3CCCCCC3CBr)ncn12. The van der Waals surface area contributed by atoms with Crippen LogP contribution in [0.2, 0.25) is 0 Å². The third kappa shape index (κ3) is 2.39. The molecule has 3 heterocycles. The summed E-state index contributed by atoms with van der Waals surface area (Å²) in [7, 11) is 0. The first-order chi connectivity index (χ1) is 9.29. The van der Waals surface area contributed by atoms with Gasteiger partial charge in [0.2, 0.25) is 0 Å². The van der Waals surface area contributed by atoms with Crippen molar-refractivity contribution in [1.82, 2.24) is 19.6 Å². The smallest absolute Gasteiger partial charge is 0.348 e. The first-order valence-electron chi connectivity index (χ1n) is 6.55. The third-order valence-electron chi connectivity index (χ3n) is 3.64. The molecule has 1 saturated heterocycles. The molecule has 0 radical (unpaired) electrons. The lowest BCUT2D eigenvalue weighted by atomic mass is 10.1. The van der Waals surface area contributed by atoms with Crippen molar-refractivity contribution in [3.8, 4) is 0 Å². The van der Waals surface area contributed by atoms with Crippen LogP contribution in [0.3, 0.4) is 0 Å². The highest BCUT2D eigenvalue weighted by molar-refractivity contribution is 9.09. The first kappa shape index (κ1) is 12.7. The number of nitrogens with one attached hydrogen (secondary N) is 1. The molecule has 0 amide bonds. The Hall–Kier alpha value is -1.37. The molecule has 1 aliphatic heterocycles. The second-order valence-electron chi connectivity index (χ2n) is 4.85. The monoisotopic (exact) mass is 325 g/mol. The van der Waals surface area contributed by atoms with Crippen LogP contribution in [0.1, 0.15) is 25.7 Å². The van der Waals surface area contributed by atoms with Gasteiger partial charge in [0.1, 0.15) is 12.1 Å². The van der Waals surface area contributed by atoms with Crippen molar-refractivity contribution in [2.75, 3.05) is 16.8 Å². The van der Waals surface area contributed by atoms with Crippen LogP contribution in [0.5, 0.6) is 0 Å². The fourth-order valence-corrected chi connectivity index (χ4v) is 3.27. The fourth-order valence-electron chi connectivity index (χ4n) is 2.60. The maximum absolute atomic E-state index is 11.4. The van der Waals surface area contributed by atoms with Crippen molar-refractivity contribution < 1.29 is 0 Å². The van der Waals surface area contributed by atoms with Gasteiger partial charge in [-0.3, -0.25) is 0 Å². The first-order valence-corrected chi connectivity index (χ1v) is 7.67. The molecule has 102 valence electrons. The lowest BCUT2D eigenvalue weighted by Gasteiger charge is -2.29. The number of aromatic nitrogens is 4. The topological polar surface area (TPSA) is 66.3 Å². The number of anilines is 1. The van der Waals surface area contributed by atoms with Crippen molar-refractivity contribution in [3.05, 3.63) is 22.9 Å². The molecule has 1 fully saturated rings. The summed E-state index contributed by atoms with van der Waals surface area (Å²) in [5.41, 5.74) is 0.370. The maximum atomic E-state index is 11.4. The van der Waals surface area contributed by atoms with E-state index in [1.807, 2.05) is 6.07 Å². The third-order valence-corrected chi connectivity index (χ3v) is 4.39. The molecular formula is C12H16BrN5O. The van der Waals surface area contributed by atoms with E-state index in [9.17, 15) is 4.79 Å². The van der Waals surface area contributed by atoms with Gasteiger partial charge in [0.05, 0.1) is 0 Å². The molecule has 6 nitrogen and oxygen atoms in total. The lowest BCUT2D eigenvalue weighted by Crippen LogP contribution is -2.36. The maximum Gasteiger partial charge on any atom is 0.348 e. The van der Waals surface area contributed by atoms with E-state index in [0.29, 0.717) is 11.7 Å². The van der Waals surface area contributed by atoms with Gasteiger partial charge >= 0.3 is 5.69 Å². The van der Waals surface area contributed by atoms with Crippen LogP contribution in [-0.2, 0) is 0 Å². The summed E-state index contributed by atoms with van der Waals surface area (Å²) in [5.74, 6) is 0.901. The van der Waals surface area contributed by atoms with E-state index in [0.717, 1.165) is 17.7 Å². The average molecular weight is 326 g/mol. The van der Waals surface area contributed by atoms with Crippen molar-refractivity contribution in [2.45, 2.75) is 31.7 Å². The zero-order valence-corrected chi connectivity index (χ0v) is 12.1. The van der Waals surface area contributed by atoms with E-state index in [-0.39, 0.29) is 5.69 Å². The second kappa shape index (κ2) is 5.32. The summed E-state index contributed by atoms with van der Waals surface area (Å²) < 4.78 is 1.42. The number of fused-ring (bicyclic) bond motifs is 1. The Morgan fingerprint density at radius 3 is 3.16 bits per heavy atom. The minimum atomic E-state index is -0.248. The van der Waals surface area contributed by atoms with E-state index in [2.05, 4.69) is 36.0 Å². The van der Waals surface area contributed by atoms with Crippen LogP contribution in [0.15, 0.2) is 17.2 Å². The summed E-state index contributed by atoms with van der Waals surface area (Å²) in [5, 5.41) is 7.37. The van der Waals surface area contributed by atoms with E-state index in [1.54, 1.807) is 6.33 Å². The number of halogens is 1. The molecule has 0 aliphatic carbocycles. The molecule has 7 heteroatoms. The summed E-state index contributed by atoms with van der Waals surface area (Å²) in [4.78, 5) is 18.2. The highest BCUT2D eigenvalue weighted by Crippen LogP contribution is 2.23. The minimum Gasteiger partial charge on any atom is -0.353 e. The Balaban J connectivity index is 1.98. The Kier molecular flexibility index (Phi) is 3.54. The van der Waals surface area contributed by atoms with Crippen molar-refractivity contribution in [2.24, 2.45) is 0 Å². The van der Waals surface area contributed by atoms with Crippen molar-refractivity contribution in [3.63, 3.8) is 0 Å². The number of hydrogen-bond donors (Lipinski definition) is 1. The standard InChI is InChI=1S/C12H16BrN5O/c13-7-9-4-2-1-3-5-17(9)10-6-11-15-16-12(19)18(11)8-14-10/h6,8-9H,1-5,7H2,(H,16,19). The number of H-pyrrole nitrogens is 1. The Labute approximate surface area is 119 Å². The normalized spacial score (nSPS) is 20.7. The molecule has 19 heavy (non-hydrogen) atoms. The number of alkyl halides is 1. The van der Waals surface area contributed by atoms with Gasteiger partial charge in [-0.05, 0) is 12.8 Å². The zero-order valence-electron chi connectivity index (χ0n) is 10.5. The Morgan fingerprint density at radius 2 is 2.32 bits per heavy atom. The quantitative estimate of drug-likeness (QED) is 0.851. The fraction of sp³-hybridized carbons (Fsp3) is 0.583. The van der Waals surface area contributed by atoms with Gasteiger partial charge < -0.3 is 4.90 Å². The van der Waals surface area contributed by atoms with Gasteiger partial charge in [-0.1, -0.05) is 28.8 Å². The molecule has 3 rings (SSSR count). The largest absolute Gasteiger partial charge is 0.353 e. The predicted octanol–water partition coefficient (Wildman–Crippen LogP) is 1.56. The highest BCUT2D eigenvalue weighted by Gasteiger charge is 2.21. The number of aromatic amines is 1. The highest BCUT2D eigenvalue weighted by atomic mass is 79.9. The second-order valence-corrected chi connectivity index (χ2v) is 5.50. The average Bonchev–Trinajstić information content (AvgIpc) is 2.66. The summed E-state index contributed by atoms with van der Waals surface area (Å²) in [6.45, 7) is 1.01. The van der Waals surface area contributed by atoms with Gasteiger partial charge in [0.15, 0.2) is 5.65 Å². The number of nitrogens with zero attached hydrogens (tertiary/aromatic N) is 4. The van der Waals surface area contributed by atoms with Crippen molar-refractivity contribution >= 4 is 27.4 Å². The molecule has 1 unspecified atom stereocenters. The number of hydrogen-bond acceptors (Lipinski definition) is 4. The van der Waals surface area contributed by atoms with Crippen LogP contribution in [0.25, 0.3) is 5.65 Å². The molecule has 2 aromatic heterocycles. The van der Waals surface area contributed by atoms with Crippen LogP contribution in [-0.4, -0.2) is 37.5 Å². The van der Waals surface area contributed by atoms with Gasteiger partial charge in [-0.15, -0.1) is 0 Å². The molecule has 1 N–H and O–H groups in total. The van der Waals surface area contributed by atoms with E-state index >= 15 is 0 Å². The Bertz CT molecular complexity index is 622. The van der Waals surface area contributed by atoms with Crippen molar-refractivity contribution in [1.29, 1.82) is 0 Å². The van der Waals surface area contributed by atoms with Crippen LogP contribution >= 0.6 is 15.9 Å². The van der Waals surface area contributed by atoms with Gasteiger partial charge in [-0.2, -0.15) is 5.10 Å². The van der Waals surface area contributed by atoms with Gasteiger partial charge in [-0.25, -0.2) is 19.3 Å². The van der Waals surface area contributed by atoms with Crippen LogP contribution < -0.4 is 10.6 Å². The van der Waals surface area contributed by atoms with E-state index in [4.69, 9.17) is 0 Å². The summed E-state index contributed by atoms with van der Waals surface area (Å²) in [6, 6.07) is 2.34. The Morgan fingerprint density at radius 1 is 1.42 bits per heavy atom. The lowest BCUT2D eigenvalue weighted by molar-refractivity contribution is 0.621. The van der Waals surface area contributed by atoms with Crippen LogP contribution in [0.4, 0.5) is 5.82 Å². The molecule has 0 aromatic carbocycles. The number of rotatable bonds is 2. The summed E-state index contributed by atoms with van der Waals surface area (Å²) >= 11 is 3.59. The molecule has 0 bridgehead atoms. The minimum absolute atomic E-state index is 0.248. The molecule has 1 atom stereocenters. The van der Waals surface area contributed by atoms with Crippen LogP contribution in [0, 0.1) is 0 Å². The zero-order chi connectivity index (χ0) is 13.2. The molecule has 2 aromatic rings. The predicted molar refractivity (Wildman–Crippen MR) is 77.0 cm³/mol. The summed E-state index contributed by atoms with van der Waals surface area (Å²) in [6.07, 6.45) is 6.43. The van der Waals surface area contributed by atoms with Gasteiger partial charge in [0.25, 0.3) is 0 Å². The van der Waals surface area contributed by atoms with E-state index in [1.165, 1.54) is 30.1 Å². The molecule has 1 aliphatic rings. The molecule has 0 spiro atoms.